The lowest BCUT2D eigenvalue weighted by Crippen LogP contribution is -2.54. The van der Waals surface area contributed by atoms with E-state index in [1.165, 1.54) is 42.5 Å². The summed E-state index contributed by atoms with van der Waals surface area (Å²) in [6.45, 7) is 0.0932. The summed E-state index contributed by atoms with van der Waals surface area (Å²) >= 11 is 18.8. The van der Waals surface area contributed by atoms with E-state index in [9.17, 15) is 18.8 Å². The van der Waals surface area contributed by atoms with Crippen LogP contribution in [0.1, 0.15) is 11.1 Å². The van der Waals surface area contributed by atoms with E-state index >= 15 is 0 Å². The normalized spacial score (nSPS) is 15.0. The van der Waals surface area contributed by atoms with Crippen LogP contribution in [0.4, 0.5) is 14.9 Å². The van der Waals surface area contributed by atoms with E-state index in [0.717, 1.165) is 4.90 Å². The second-order valence-electron chi connectivity index (χ2n) is 7.14. The zero-order chi connectivity index (χ0) is 24.4. The Kier molecular flexibility index (Phi) is 6.88. The first-order chi connectivity index (χ1) is 16.2. The topological polar surface area (TPSA) is 75.7 Å². The fourth-order valence-corrected chi connectivity index (χ4v) is 4.05. The van der Waals surface area contributed by atoms with E-state index in [0.29, 0.717) is 11.1 Å². The molecule has 0 aromatic heterocycles. The van der Waals surface area contributed by atoms with Gasteiger partial charge < -0.3 is 4.74 Å². The van der Waals surface area contributed by atoms with Gasteiger partial charge in [-0.2, -0.15) is 0 Å². The number of para-hydroxylation sites is 1. The molecule has 4 amide bonds. The maximum absolute atomic E-state index is 13.1. The molecule has 1 heterocycles. The molecule has 1 aliphatic heterocycles. The maximum Gasteiger partial charge on any atom is 0.335 e. The summed E-state index contributed by atoms with van der Waals surface area (Å²) in [4.78, 5) is 38.5. The zero-order valence-corrected chi connectivity index (χ0v) is 19.4. The number of urea groups is 1. The van der Waals surface area contributed by atoms with Crippen molar-refractivity contribution in [2.75, 3.05) is 4.90 Å². The predicted octanol–water partition coefficient (Wildman–Crippen LogP) is 6.03. The summed E-state index contributed by atoms with van der Waals surface area (Å²) in [5.41, 5.74) is 0.849. The van der Waals surface area contributed by atoms with Crippen LogP contribution in [0.25, 0.3) is 6.08 Å². The van der Waals surface area contributed by atoms with Crippen molar-refractivity contribution in [2.45, 2.75) is 6.61 Å². The average molecular weight is 520 g/mol. The molecule has 3 aromatic carbocycles. The second-order valence-corrected chi connectivity index (χ2v) is 8.36. The number of nitrogens with one attached hydrogen (secondary N) is 1. The van der Waals surface area contributed by atoms with Gasteiger partial charge in [0.2, 0.25) is 0 Å². The van der Waals surface area contributed by atoms with Gasteiger partial charge in [-0.15, -0.1) is 0 Å². The van der Waals surface area contributed by atoms with Crippen LogP contribution in [0, 0.1) is 5.82 Å². The molecule has 172 valence electrons. The minimum atomic E-state index is -0.916. The molecule has 10 heteroatoms. The van der Waals surface area contributed by atoms with Gasteiger partial charge in [0.1, 0.15) is 18.0 Å². The number of halogens is 4. The van der Waals surface area contributed by atoms with Gasteiger partial charge in [-0.05, 0) is 53.6 Å². The van der Waals surface area contributed by atoms with Crippen molar-refractivity contribution in [3.63, 3.8) is 0 Å². The quantitative estimate of drug-likeness (QED) is 0.330. The SMILES string of the molecule is O=C1NC(=O)N(c2ccccc2Cl)C(=O)/C1=C/c1cc(Cl)c(OCc2ccc(F)cc2)c(Cl)c1. The Morgan fingerprint density at radius 3 is 2.21 bits per heavy atom. The van der Waals surface area contributed by atoms with Gasteiger partial charge in [0, 0.05) is 0 Å². The van der Waals surface area contributed by atoms with Crippen LogP contribution in [-0.4, -0.2) is 17.8 Å². The number of anilines is 1. The zero-order valence-electron chi connectivity index (χ0n) is 17.2. The standard InChI is InChI=1S/C24H14Cl3FN2O4/c25-17-3-1-2-4-20(17)30-23(32)16(22(31)29-24(30)33)9-14-10-18(26)21(19(27)11-14)34-12-13-5-7-15(28)8-6-13/h1-11H,12H2,(H,29,31,33)/b16-9+. The minimum Gasteiger partial charge on any atom is -0.486 e. The number of rotatable bonds is 5. The van der Waals surface area contributed by atoms with Gasteiger partial charge in [0.25, 0.3) is 11.8 Å². The van der Waals surface area contributed by atoms with Crippen LogP contribution in [0.5, 0.6) is 5.75 Å². The van der Waals surface area contributed by atoms with E-state index in [1.807, 2.05) is 0 Å². The Hall–Kier alpha value is -3.39. The molecule has 4 rings (SSSR count). The first-order valence-corrected chi connectivity index (χ1v) is 10.9. The second kappa shape index (κ2) is 9.85. The third-order valence-corrected chi connectivity index (χ3v) is 5.70. The van der Waals surface area contributed by atoms with E-state index in [2.05, 4.69) is 5.32 Å². The van der Waals surface area contributed by atoms with Gasteiger partial charge >= 0.3 is 6.03 Å². The smallest absolute Gasteiger partial charge is 0.335 e. The molecule has 1 N–H and O–H groups in total. The Morgan fingerprint density at radius 2 is 1.56 bits per heavy atom. The number of amides is 4. The molecule has 34 heavy (non-hydrogen) atoms. The van der Waals surface area contributed by atoms with Crippen LogP contribution in [0.3, 0.4) is 0 Å². The lowest BCUT2D eigenvalue weighted by molar-refractivity contribution is -0.122. The average Bonchev–Trinajstić information content (AvgIpc) is 2.78. The van der Waals surface area contributed by atoms with Gasteiger partial charge in [-0.1, -0.05) is 59.1 Å². The Balaban J connectivity index is 1.61. The van der Waals surface area contributed by atoms with Crippen LogP contribution in [0.15, 0.2) is 66.2 Å². The van der Waals surface area contributed by atoms with Crippen LogP contribution >= 0.6 is 34.8 Å². The number of carbonyl (C=O) groups is 3. The molecule has 1 saturated heterocycles. The Bertz CT molecular complexity index is 1320. The van der Waals surface area contributed by atoms with E-state index in [4.69, 9.17) is 39.5 Å². The highest BCUT2D eigenvalue weighted by molar-refractivity contribution is 6.42. The van der Waals surface area contributed by atoms with Crippen molar-refractivity contribution in [3.05, 3.63) is 98.2 Å². The molecule has 0 radical (unpaired) electrons. The molecular weight excluding hydrogens is 506 g/mol. The van der Waals surface area contributed by atoms with E-state index in [-0.39, 0.29) is 44.5 Å². The molecule has 1 fully saturated rings. The first-order valence-electron chi connectivity index (χ1n) is 9.77. The predicted molar refractivity (Wildman–Crippen MR) is 128 cm³/mol. The first kappa shape index (κ1) is 23.8. The maximum atomic E-state index is 13.1. The van der Waals surface area contributed by atoms with Gasteiger partial charge in [0.15, 0.2) is 5.75 Å². The fraction of sp³-hybridized carbons (Fsp3) is 0.0417. The number of benzene rings is 3. The van der Waals surface area contributed by atoms with Crippen molar-refractivity contribution >= 4 is 64.4 Å². The highest BCUT2D eigenvalue weighted by Gasteiger charge is 2.37. The Morgan fingerprint density at radius 1 is 0.912 bits per heavy atom. The highest BCUT2D eigenvalue weighted by atomic mass is 35.5. The molecule has 0 bridgehead atoms. The van der Waals surface area contributed by atoms with Gasteiger partial charge in [-0.3, -0.25) is 14.9 Å². The van der Waals surface area contributed by atoms with Crippen LogP contribution in [-0.2, 0) is 16.2 Å². The van der Waals surface area contributed by atoms with Crippen molar-refractivity contribution in [3.8, 4) is 5.75 Å². The van der Waals surface area contributed by atoms with Gasteiger partial charge in [-0.25, -0.2) is 14.1 Å². The van der Waals surface area contributed by atoms with E-state index < -0.39 is 17.8 Å². The molecule has 6 nitrogen and oxygen atoms in total. The number of barbiturate groups is 1. The van der Waals surface area contributed by atoms with E-state index in [1.54, 1.807) is 24.3 Å². The van der Waals surface area contributed by atoms with Crippen LogP contribution < -0.4 is 15.0 Å². The summed E-state index contributed by atoms with van der Waals surface area (Å²) < 4.78 is 18.7. The summed E-state index contributed by atoms with van der Waals surface area (Å²) in [7, 11) is 0. The minimum absolute atomic E-state index is 0.0932. The molecule has 0 spiro atoms. The number of hydrogen-bond acceptors (Lipinski definition) is 4. The fourth-order valence-electron chi connectivity index (χ4n) is 3.21. The Labute approximate surface area is 208 Å². The molecule has 0 atom stereocenters. The summed E-state index contributed by atoms with van der Waals surface area (Å²) in [5.74, 6) is -1.91. The van der Waals surface area contributed by atoms with Crippen molar-refractivity contribution < 1.29 is 23.5 Å². The molecule has 0 saturated carbocycles. The number of imide groups is 2. The summed E-state index contributed by atoms with van der Waals surface area (Å²) in [6.07, 6.45) is 1.26. The number of ether oxygens (including phenoxy) is 1. The summed E-state index contributed by atoms with van der Waals surface area (Å²) in [5, 5.41) is 2.54. The number of carbonyl (C=O) groups excluding carboxylic acids is 3. The molecule has 1 aliphatic rings. The molecule has 0 unspecified atom stereocenters. The number of hydrogen-bond donors (Lipinski definition) is 1. The molecule has 3 aromatic rings. The molecule has 0 aliphatic carbocycles. The molecular formula is C24H14Cl3FN2O4. The lowest BCUT2D eigenvalue weighted by Gasteiger charge is -2.27. The van der Waals surface area contributed by atoms with Crippen molar-refractivity contribution in [1.29, 1.82) is 0 Å². The third kappa shape index (κ3) is 4.92. The summed E-state index contributed by atoms with van der Waals surface area (Å²) in [6, 6.07) is 14.0. The van der Waals surface area contributed by atoms with Gasteiger partial charge in [0.05, 0.1) is 20.8 Å². The number of nitrogens with zero attached hydrogens (tertiary/aromatic N) is 1. The lowest BCUT2D eigenvalue weighted by atomic mass is 10.1. The van der Waals surface area contributed by atoms with Crippen molar-refractivity contribution in [2.24, 2.45) is 0 Å². The largest absolute Gasteiger partial charge is 0.486 e. The third-order valence-electron chi connectivity index (χ3n) is 4.82. The highest BCUT2D eigenvalue weighted by Crippen LogP contribution is 2.36. The monoisotopic (exact) mass is 518 g/mol. The van der Waals surface area contributed by atoms with Crippen molar-refractivity contribution in [1.82, 2.24) is 5.32 Å². The van der Waals surface area contributed by atoms with Crippen LogP contribution in [0.2, 0.25) is 15.1 Å².